The minimum atomic E-state index is 0.0929. The van der Waals surface area contributed by atoms with Crippen molar-refractivity contribution in [1.29, 1.82) is 0 Å². The molecular formula is C13H15NO2. The van der Waals surface area contributed by atoms with E-state index in [1.165, 1.54) is 0 Å². The van der Waals surface area contributed by atoms with E-state index in [4.69, 9.17) is 0 Å². The Kier molecular flexibility index (Phi) is 3.47. The first-order valence-electron chi connectivity index (χ1n) is 5.58. The lowest BCUT2D eigenvalue weighted by atomic mass is 10.1. The molecule has 1 aromatic carbocycles. The van der Waals surface area contributed by atoms with Gasteiger partial charge in [0.05, 0.1) is 13.1 Å². The summed E-state index contributed by atoms with van der Waals surface area (Å²) >= 11 is 0. The quantitative estimate of drug-likeness (QED) is 0.721. The van der Waals surface area contributed by atoms with Gasteiger partial charge in [-0.2, -0.15) is 0 Å². The molecule has 0 aliphatic carbocycles. The van der Waals surface area contributed by atoms with Crippen LogP contribution in [0.2, 0.25) is 0 Å². The molecule has 1 heterocycles. The van der Waals surface area contributed by atoms with Crippen LogP contribution in [0.1, 0.15) is 23.2 Å². The lowest BCUT2D eigenvalue weighted by molar-refractivity contribution is -0.121. The summed E-state index contributed by atoms with van der Waals surface area (Å²) in [7, 11) is 0. The van der Waals surface area contributed by atoms with Crippen LogP contribution in [-0.2, 0) is 4.79 Å². The van der Waals surface area contributed by atoms with Crippen LogP contribution in [0.3, 0.4) is 0 Å². The minimum absolute atomic E-state index is 0.0929. The third-order valence-corrected chi connectivity index (χ3v) is 2.79. The standard InChI is InChI=1S/C13H15NO2/c15-12-7-4-8-14(9-12)10-13(16)11-5-2-1-3-6-11/h1-3,5-6H,4,7-10H2. The molecule has 1 aromatic rings. The summed E-state index contributed by atoms with van der Waals surface area (Å²) in [6.45, 7) is 1.64. The fraction of sp³-hybridized carbons (Fsp3) is 0.385. The summed E-state index contributed by atoms with van der Waals surface area (Å²) < 4.78 is 0. The number of Topliss-reactive ketones (excluding diaryl/α,β-unsaturated/α-hetero) is 2. The number of hydrogen-bond donors (Lipinski definition) is 0. The van der Waals surface area contributed by atoms with Gasteiger partial charge in [0.1, 0.15) is 5.78 Å². The number of hydrogen-bond acceptors (Lipinski definition) is 3. The Bertz CT molecular complexity index is 386. The highest BCUT2D eigenvalue weighted by Crippen LogP contribution is 2.08. The highest BCUT2D eigenvalue weighted by Gasteiger charge is 2.19. The minimum Gasteiger partial charge on any atom is -0.298 e. The summed E-state index contributed by atoms with van der Waals surface area (Å²) in [5.41, 5.74) is 0.723. The third-order valence-electron chi connectivity index (χ3n) is 2.79. The van der Waals surface area contributed by atoms with Gasteiger partial charge >= 0.3 is 0 Å². The number of piperidine rings is 1. The largest absolute Gasteiger partial charge is 0.298 e. The van der Waals surface area contributed by atoms with Crippen molar-refractivity contribution in [3.05, 3.63) is 35.9 Å². The van der Waals surface area contributed by atoms with Crippen LogP contribution in [0, 0.1) is 0 Å². The van der Waals surface area contributed by atoms with Crippen LogP contribution in [0.4, 0.5) is 0 Å². The van der Waals surface area contributed by atoms with Gasteiger partial charge in [0, 0.05) is 12.0 Å². The molecule has 1 saturated heterocycles. The Morgan fingerprint density at radius 2 is 2.00 bits per heavy atom. The van der Waals surface area contributed by atoms with Crippen LogP contribution in [0.5, 0.6) is 0 Å². The van der Waals surface area contributed by atoms with Crippen molar-refractivity contribution in [2.45, 2.75) is 12.8 Å². The summed E-state index contributed by atoms with van der Waals surface area (Å²) in [4.78, 5) is 25.0. The Labute approximate surface area is 95.1 Å². The van der Waals surface area contributed by atoms with E-state index in [0.717, 1.165) is 18.5 Å². The van der Waals surface area contributed by atoms with E-state index in [0.29, 0.717) is 19.5 Å². The average molecular weight is 217 g/mol. The van der Waals surface area contributed by atoms with Crippen LogP contribution in [-0.4, -0.2) is 36.1 Å². The number of carbonyl (C=O) groups is 2. The van der Waals surface area contributed by atoms with E-state index in [9.17, 15) is 9.59 Å². The molecule has 1 aliphatic rings. The zero-order valence-electron chi connectivity index (χ0n) is 9.19. The van der Waals surface area contributed by atoms with Gasteiger partial charge in [0.15, 0.2) is 5.78 Å². The second kappa shape index (κ2) is 5.03. The van der Waals surface area contributed by atoms with Crippen molar-refractivity contribution in [3.8, 4) is 0 Å². The van der Waals surface area contributed by atoms with Crippen molar-refractivity contribution in [2.24, 2.45) is 0 Å². The number of nitrogens with zero attached hydrogens (tertiary/aromatic N) is 1. The van der Waals surface area contributed by atoms with E-state index in [1.807, 2.05) is 35.2 Å². The number of likely N-dealkylation sites (tertiary alicyclic amines) is 1. The highest BCUT2D eigenvalue weighted by molar-refractivity contribution is 5.97. The van der Waals surface area contributed by atoms with Crippen LogP contribution < -0.4 is 0 Å². The van der Waals surface area contributed by atoms with Gasteiger partial charge in [-0.25, -0.2) is 0 Å². The van der Waals surface area contributed by atoms with Crippen LogP contribution >= 0.6 is 0 Å². The molecule has 1 aliphatic heterocycles. The fourth-order valence-corrected chi connectivity index (χ4v) is 1.96. The van der Waals surface area contributed by atoms with E-state index < -0.39 is 0 Å². The maximum absolute atomic E-state index is 11.9. The molecule has 3 nitrogen and oxygen atoms in total. The van der Waals surface area contributed by atoms with Gasteiger partial charge in [-0.05, 0) is 13.0 Å². The fourth-order valence-electron chi connectivity index (χ4n) is 1.96. The molecule has 2 rings (SSSR count). The first-order chi connectivity index (χ1) is 7.75. The predicted octanol–water partition coefficient (Wildman–Crippen LogP) is 1.53. The van der Waals surface area contributed by atoms with E-state index >= 15 is 0 Å². The Hall–Kier alpha value is -1.48. The lowest BCUT2D eigenvalue weighted by Crippen LogP contribution is -2.38. The highest BCUT2D eigenvalue weighted by atomic mass is 16.1. The summed E-state index contributed by atoms with van der Waals surface area (Å²) in [5.74, 6) is 0.336. The molecule has 0 bridgehead atoms. The van der Waals surface area contributed by atoms with Gasteiger partial charge in [0.25, 0.3) is 0 Å². The maximum Gasteiger partial charge on any atom is 0.176 e. The number of carbonyl (C=O) groups excluding carboxylic acids is 2. The Morgan fingerprint density at radius 3 is 2.69 bits per heavy atom. The smallest absolute Gasteiger partial charge is 0.176 e. The molecule has 84 valence electrons. The molecule has 0 amide bonds. The normalized spacial score (nSPS) is 17.4. The molecule has 1 fully saturated rings. The number of ketones is 2. The molecule has 0 atom stereocenters. The van der Waals surface area contributed by atoms with Crippen molar-refractivity contribution in [2.75, 3.05) is 19.6 Å². The SMILES string of the molecule is O=C1CCCN(CC(=O)c2ccccc2)C1. The van der Waals surface area contributed by atoms with E-state index in [-0.39, 0.29) is 11.6 Å². The zero-order chi connectivity index (χ0) is 11.4. The van der Waals surface area contributed by atoms with Crippen molar-refractivity contribution < 1.29 is 9.59 Å². The van der Waals surface area contributed by atoms with Crippen molar-refractivity contribution in [1.82, 2.24) is 4.90 Å². The van der Waals surface area contributed by atoms with E-state index in [1.54, 1.807) is 0 Å². The molecule has 16 heavy (non-hydrogen) atoms. The molecular weight excluding hydrogens is 202 g/mol. The van der Waals surface area contributed by atoms with Crippen molar-refractivity contribution in [3.63, 3.8) is 0 Å². The maximum atomic E-state index is 11.9. The Balaban J connectivity index is 1.95. The topological polar surface area (TPSA) is 37.4 Å². The Morgan fingerprint density at radius 1 is 1.25 bits per heavy atom. The predicted molar refractivity (Wildman–Crippen MR) is 61.5 cm³/mol. The average Bonchev–Trinajstić information content (AvgIpc) is 2.30. The first-order valence-corrected chi connectivity index (χ1v) is 5.58. The zero-order valence-corrected chi connectivity index (χ0v) is 9.19. The van der Waals surface area contributed by atoms with Gasteiger partial charge in [0.2, 0.25) is 0 Å². The molecule has 0 aromatic heterocycles. The van der Waals surface area contributed by atoms with E-state index in [2.05, 4.69) is 0 Å². The molecule has 0 saturated carbocycles. The lowest BCUT2D eigenvalue weighted by Gasteiger charge is -2.24. The summed E-state index contributed by atoms with van der Waals surface area (Å²) in [6, 6.07) is 9.23. The first kappa shape index (κ1) is 11.0. The van der Waals surface area contributed by atoms with Gasteiger partial charge in [-0.3, -0.25) is 14.5 Å². The van der Waals surface area contributed by atoms with Gasteiger partial charge in [-0.1, -0.05) is 30.3 Å². The van der Waals surface area contributed by atoms with Crippen molar-refractivity contribution >= 4 is 11.6 Å². The molecule has 0 radical (unpaired) electrons. The second-order valence-corrected chi connectivity index (χ2v) is 4.14. The van der Waals surface area contributed by atoms with Gasteiger partial charge in [-0.15, -0.1) is 0 Å². The second-order valence-electron chi connectivity index (χ2n) is 4.14. The molecule has 3 heteroatoms. The number of benzene rings is 1. The molecule has 0 spiro atoms. The van der Waals surface area contributed by atoms with Crippen LogP contribution in [0.25, 0.3) is 0 Å². The summed E-state index contributed by atoms with van der Waals surface area (Å²) in [5, 5.41) is 0. The monoisotopic (exact) mass is 217 g/mol. The number of rotatable bonds is 3. The summed E-state index contributed by atoms with van der Waals surface area (Å²) in [6.07, 6.45) is 1.54. The van der Waals surface area contributed by atoms with Gasteiger partial charge < -0.3 is 0 Å². The third kappa shape index (κ3) is 2.76. The molecule has 0 unspecified atom stereocenters. The van der Waals surface area contributed by atoms with Crippen LogP contribution in [0.15, 0.2) is 30.3 Å². The molecule has 0 N–H and O–H groups in total.